The summed E-state index contributed by atoms with van der Waals surface area (Å²) in [6, 6.07) is 6.58. The number of aryl methyl sites for hydroxylation is 1. The third kappa shape index (κ3) is 3.83. The van der Waals surface area contributed by atoms with Crippen molar-refractivity contribution in [2.45, 2.75) is 6.92 Å². The molecule has 0 saturated carbocycles. The molecule has 0 atom stereocenters. The second-order valence-electron chi connectivity index (χ2n) is 3.66. The first kappa shape index (κ1) is 14.7. The number of anilines is 1. The van der Waals surface area contributed by atoms with Crippen molar-refractivity contribution < 1.29 is 14.4 Å². The molecule has 0 aliphatic carbocycles. The van der Waals surface area contributed by atoms with Crippen LogP contribution in [0.3, 0.4) is 0 Å². The highest BCUT2D eigenvalue weighted by molar-refractivity contribution is 6.44. The SMILES string of the molecule is C#CNC(=O)C(=O)c1cc(C)ccc1NC(=O)CCl. The van der Waals surface area contributed by atoms with Crippen LogP contribution >= 0.6 is 11.6 Å². The first-order valence-corrected chi connectivity index (χ1v) is 5.79. The number of carbonyl (C=O) groups excluding carboxylic acids is 3. The van der Waals surface area contributed by atoms with Gasteiger partial charge in [-0.3, -0.25) is 19.7 Å². The van der Waals surface area contributed by atoms with Gasteiger partial charge in [-0.2, -0.15) is 0 Å². The number of hydrogen-bond acceptors (Lipinski definition) is 3. The molecule has 1 rings (SSSR count). The summed E-state index contributed by atoms with van der Waals surface area (Å²) in [5.41, 5.74) is 1.04. The fourth-order valence-corrected chi connectivity index (χ4v) is 1.45. The molecule has 2 amide bonds. The lowest BCUT2D eigenvalue weighted by molar-refractivity contribution is -0.116. The smallest absolute Gasteiger partial charge is 0.303 e. The molecule has 0 aliphatic heterocycles. The van der Waals surface area contributed by atoms with Crippen molar-refractivity contribution in [3.05, 3.63) is 29.3 Å². The van der Waals surface area contributed by atoms with Crippen molar-refractivity contribution in [1.29, 1.82) is 0 Å². The average Bonchev–Trinajstić information content (AvgIpc) is 2.40. The van der Waals surface area contributed by atoms with Crippen molar-refractivity contribution >= 4 is 34.9 Å². The van der Waals surface area contributed by atoms with Gasteiger partial charge in [0.05, 0.1) is 11.3 Å². The predicted octanol–water partition coefficient (Wildman–Crippen LogP) is 1.06. The van der Waals surface area contributed by atoms with Crippen LogP contribution < -0.4 is 10.6 Å². The van der Waals surface area contributed by atoms with E-state index in [9.17, 15) is 14.4 Å². The second-order valence-corrected chi connectivity index (χ2v) is 3.93. The molecule has 0 saturated heterocycles. The number of ketones is 1. The van der Waals surface area contributed by atoms with Crippen LogP contribution in [0.15, 0.2) is 18.2 Å². The number of terminal acetylenes is 1. The Balaban J connectivity index is 3.14. The molecule has 0 unspecified atom stereocenters. The van der Waals surface area contributed by atoms with Gasteiger partial charge in [0, 0.05) is 6.04 Å². The minimum atomic E-state index is -0.936. The zero-order valence-corrected chi connectivity index (χ0v) is 10.9. The number of carbonyl (C=O) groups is 3. The van der Waals surface area contributed by atoms with Crippen molar-refractivity contribution in [1.82, 2.24) is 5.32 Å². The normalized spacial score (nSPS) is 9.32. The van der Waals surface area contributed by atoms with Gasteiger partial charge in [-0.15, -0.1) is 11.6 Å². The van der Waals surface area contributed by atoms with E-state index in [1.807, 2.05) is 11.4 Å². The molecule has 98 valence electrons. The summed E-state index contributed by atoms with van der Waals surface area (Å²) in [5, 5.41) is 4.40. The van der Waals surface area contributed by atoms with Crippen LogP contribution in [0.1, 0.15) is 15.9 Å². The van der Waals surface area contributed by atoms with E-state index < -0.39 is 17.6 Å². The van der Waals surface area contributed by atoms with Gasteiger partial charge in [-0.25, -0.2) is 0 Å². The van der Waals surface area contributed by atoms with Crippen LogP contribution in [-0.2, 0) is 9.59 Å². The number of rotatable bonds is 4. The third-order valence-corrected chi connectivity index (χ3v) is 2.45. The molecule has 1 aromatic rings. The largest absolute Gasteiger partial charge is 0.324 e. The van der Waals surface area contributed by atoms with Crippen LogP contribution in [0.4, 0.5) is 5.69 Å². The van der Waals surface area contributed by atoms with E-state index >= 15 is 0 Å². The Labute approximate surface area is 115 Å². The Morgan fingerprint density at radius 2 is 2.05 bits per heavy atom. The maximum Gasteiger partial charge on any atom is 0.303 e. The zero-order chi connectivity index (χ0) is 14.4. The Hall–Kier alpha value is -2.32. The molecule has 0 radical (unpaired) electrons. The Bertz CT molecular complexity index is 576. The highest BCUT2D eigenvalue weighted by Crippen LogP contribution is 2.18. The Morgan fingerprint density at radius 1 is 1.37 bits per heavy atom. The number of alkyl halides is 1. The van der Waals surface area contributed by atoms with Gasteiger partial charge >= 0.3 is 5.91 Å². The van der Waals surface area contributed by atoms with E-state index in [2.05, 4.69) is 5.32 Å². The number of nitrogens with one attached hydrogen (secondary N) is 2. The van der Waals surface area contributed by atoms with Gasteiger partial charge in [0.15, 0.2) is 0 Å². The van der Waals surface area contributed by atoms with Crippen LogP contribution in [-0.4, -0.2) is 23.5 Å². The van der Waals surface area contributed by atoms with E-state index in [1.54, 1.807) is 13.0 Å². The molecule has 0 fully saturated rings. The van der Waals surface area contributed by atoms with Crippen molar-refractivity contribution in [3.63, 3.8) is 0 Å². The molecule has 0 aromatic heterocycles. The number of benzene rings is 1. The molecule has 5 nitrogen and oxygen atoms in total. The summed E-state index contributed by atoms with van der Waals surface area (Å²) >= 11 is 5.37. The quantitative estimate of drug-likeness (QED) is 0.284. The Morgan fingerprint density at radius 3 is 2.63 bits per heavy atom. The van der Waals surface area contributed by atoms with Crippen molar-refractivity contribution in [3.8, 4) is 12.5 Å². The highest BCUT2D eigenvalue weighted by atomic mass is 35.5. The van der Waals surface area contributed by atoms with E-state index in [0.29, 0.717) is 0 Å². The maximum atomic E-state index is 11.9. The number of amides is 2. The van der Waals surface area contributed by atoms with Crippen LogP contribution in [0.25, 0.3) is 0 Å². The van der Waals surface area contributed by atoms with Gasteiger partial charge in [-0.1, -0.05) is 18.1 Å². The zero-order valence-electron chi connectivity index (χ0n) is 10.1. The summed E-state index contributed by atoms with van der Waals surface area (Å²) in [4.78, 5) is 34.6. The maximum absolute atomic E-state index is 11.9. The fraction of sp³-hybridized carbons (Fsp3) is 0.154. The molecule has 6 heteroatoms. The van der Waals surface area contributed by atoms with Gasteiger partial charge in [0.25, 0.3) is 5.78 Å². The minimum absolute atomic E-state index is 0.0613. The highest BCUT2D eigenvalue weighted by Gasteiger charge is 2.20. The summed E-state index contributed by atoms with van der Waals surface area (Å²) in [7, 11) is 0. The summed E-state index contributed by atoms with van der Waals surface area (Å²) in [6.07, 6.45) is 4.89. The van der Waals surface area contributed by atoms with E-state index in [1.165, 1.54) is 12.1 Å². The van der Waals surface area contributed by atoms with Gasteiger partial charge in [0.1, 0.15) is 5.88 Å². The first-order chi connectivity index (χ1) is 8.99. The molecular weight excluding hydrogens is 268 g/mol. The standard InChI is InChI=1S/C13H11ClN2O3/c1-3-15-13(19)12(18)9-6-8(2)4-5-10(9)16-11(17)7-14/h1,4-6H,7H2,2H3,(H,15,19)(H,16,17). The van der Waals surface area contributed by atoms with E-state index in [4.69, 9.17) is 18.0 Å². The lowest BCUT2D eigenvalue weighted by Crippen LogP contribution is -2.28. The topological polar surface area (TPSA) is 75.3 Å². The second kappa shape index (κ2) is 6.57. The number of Topliss-reactive ketones (excluding diaryl/α,β-unsaturated/α-hetero) is 1. The fourth-order valence-electron chi connectivity index (χ4n) is 1.38. The van der Waals surface area contributed by atoms with Crippen LogP contribution in [0.5, 0.6) is 0 Å². The minimum Gasteiger partial charge on any atom is -0.324 e. The third-order valence-electron chi connectivity index (χ3n) is 2.21. The molecule has 1 aromatic carbocycles. The van der Waals surface area contributed by atoms with Gasteiger partial charge in [-0.05, 0) is 19.1 Å². The van der Waals surface area contributed by atoms with E-state index in [-0.39, 0.29) is 17.1 Å². The van der Waals surface area contributed by atoms with Gasteiger partial charge in [0.2, 0.25) is 5.91 Å². The van der Waals surface area contributed by atoms with Crippen molar-refractivity contribution in [2.75, 3.05) is 11.2 Å². The molecule has 0 spiro atoms. The molecule has 2 N–H and O–H groups in total. The molecule has 19 heavy (non-hydrogen) atoms. The van der Waals surface area contributed by atoms with Crippen LogP contribution in [0, 0.1) is 19.4 Å². The lowest BCUT2D eigenvalue weighted by atomic mass is 10.0. The summed E-state index contributed by atoms with van der Waals surface area (Å²) < 4.78 is 0. The van der Waals surface area contributed by atoms with Crippen molar-refractivity contribution in [2.24, 2.45) is 0 Å². The Kier molecular flexibility index (Phi) is 5.10. The first-order valence-electron chi connectivity index (χ1n) is 5.26. The molecule has 0 bridgehead atoms. The molecular formula is C13H11ClN2O3. The summed E-state index contributed by atoms with van der Waals surface area (Å²) in [6.45, 7) is 1.75. The molecule has 0 aliphatic rings. The van der Waals surface area contributed by atoms with Crippen LogP contribution in [0.2, 0.25) is 0 Å². The number of hydrogen-bond donors (Lipinski definition) is 2. The van der Waals surface area contributed by atoms with Gasteiger partial charge < -0.3 is 5.32 Å². The predicted molar refractivity (Wildman–Crippen MR) is 71.8 cm³/mol. The number of halogens is 1. The monoisotopic (exact) mass is 278 g/mol. The van der Waals surface area contributed by atoms with E-state index in [0.717, 1.165) is 5.56 Å². The lowest BCUT2D eigenvalue weighted by Gasteiger charge is -2.09. The average molecular weight is 279 g/mol. The summed E-state index contributed by atoms with van der Waals surface area (Å²) in [5.74, 6) is -2.49. The molecule has 0 heterocycles.